The molecule has 0 rings (SSSR count). The maximum Gasteiger partial charge on any atom is 0.306 e. The van der Waals surface area contributed by atoms with E-state index in [0.717, 1.165) is 109 Å². The lowest BCUT2D eigenvalue weighted by molar-refractivity contribution is -0.163. The van der Waals surface area contributed by atoms with Gasteiger partial charge in [-0.25, -0.2) is 0 Å². The van der Waals surface area contributed by atoms with Crippen molar-refractivity contribution in [3.63, 3.8) is 0 Å². The van der Waals surface area contributed by atoms with Crippen molar-refractivity contribution >= 4 is 11.9 Å². The number of carbonyl (C=O) groups is 2. The van der Waals surface area contributed by atoms with Crippen LogP contribution in [0.5, 0.6) is 0 Å². The Labute approximate surface area is 396 Å². The van der Waals surface area contributed by atoms with Gasteiger partial charge in [-0.2, -0.15) is 0 Å². The molecule has 1 unspecified atom stereocenters. The molecule has 0 aromatic heterocycles. The van der Waals surface area contributed by atoms with Gasteiger partial charge in [-0.1, -0.05) is 227 Å². The zero-order valence-electron chi connectivity index (χ0n) is 42.0. The first-order valence-electron chi connectivity index (χ1n) is 26.8. The minimum atomic E-state index is -0.555. The van der Waals surface area contributed by atoms with Crippen molar-refractivity contribution in [3.05, 3.63) is 97.2 Å². The fourth-order valence-electron chi connectivity index (χ4n) is 7.20. The minimum absolute atomic E-state index is 0.0669. The Morgan fingerprint density at radius 3 is 1.12 bits per heavy atom. The highest BCUT2D eigenvalue weighted by atomic mass is 16.6. The Bertz CT molecular complexity index is 1230. The van der Waals surface area contributed by atoms with E-state index in [2.05, 4.69) is 118 Å². The maximum absolute atomic E-state index is 12.8. The first kappa shape index (κ1) is 60.8. The van der Waals surface area contributed by atoms with E-state index in [1.165, 1.54) is 96.3 Å². The molecule has 0 radical (unpaired) electrons. The highest BCUT2D eigenvalue weighted by molar-refractivity contribution is 5.70. The van der Waals surface area contributed by atoms with Gasteiger partial charge < -0.3 is 14.2 Å². The van der Waals surface area contributed by atoms with Crippen molar-refractivity contribution in [1.29, 1.82) is 0 Å². The van der Waals surface area contributed by atoms with Crippen molar-refractivity contribution in [3.8, 4) is 0 Å². The molecular weight excluding hydrogens is 789 g/mol. The van der Waals surface area contributed by atoms with Gasteiger partial charge in [0.05, 0.1) is 6.61 Å². The van der Waals surface area contributed by atoms with Crippen LogP contribution in [0.25, 0.3) is 0 Å². The zero-order valence-corrected chi connectivity index (χ0v) is 42.0. The maximum atomic E-state index is 12.8. The fraction of sp³-hybridized carbons (Fsp3) is 0.695. The summed E-state index contributed by atoms with van der Waals surface area (Å²) in [5.74, 6) is -0.424. The minimum Gasteiger partial charge on any atom is -0.462 e. The second-order valence-corrected chi connectivity index (χ2v) is 17.4. The number of hydrogen-bond donors (Lipinski definition) is 0. The average Bonchev–Trinajstić information content (AvgIpc) is 3.30. The largest absolute Gasteiger partial charge is 0.462 e. The third kappa shape index (κ3) is 51.5. The standard InChI is InChI=1S/C59H100O5/c1-4-7-10-13-16-19-22-24-26-28-30-31-33-35-38-40-43-46-49-52-58(60)63-56-57(64-59(61)53-50-47-44-41-37-21-18-15-12-9-6-3)55-62-54-51-48-45-42-39-36-34-32-29-27-25-23-20-17-14-11-8-5-2/h7-8,10-11,16-17,19-20,24-27,30-32,34,57H,4-6,9,12-15,18,21-23,28-29,33,35-56H2,1-3H3/b10-7-,11-8-,19-16-,20-17-,26-24-,27-25-,31-30-,34-32-. The molecule has 5 nitrogen and oxygen atoms in total. The molecule has 0 aliphatic rings. The number of allylic oxidation sites excluding steroid dienone is 16. The lowest BCUT2D eigenvalue weighted by Gasteiger charge is -2.18. The van der Waals surface area contributed by atoms with Crippen LogP contribution in [0.2, 0.25) is 0 Å². The Morgan fingerprint density at radius 2 is 0.703 bits per heavy atom. The van der Waals surface area contributed by atoms with Gasteiger partial charge in [0.15, 0.2) is 6.10 Å². The van der Waals surface area contributed by atoms with Crippen LogP contribution in [0.4, 0.5) is 0 Å². The van der Waals surface area contributed by atoms with E-state index < -0.39 is 6.10 Å². The molecule has 366 valence electrons. The normalized spacial score (nSPS) is 13.0. The van der Waals surface area contributed by atoms with Gasteiger partial charge in [0, 0.05) is 19.4 Å². The molecule has 0 aliphatic heterocycles. The number of unbranched alkanes of at least 4 members (excludes halogenated alkanes) is 21. The topological polar surface area (TPSA) is 61.8 Å². The Hall–Kier alpha value is -3.18. The Kier molecular flexibility index (Phi) is 51.5. The summed E-state index contributed by atoms with van der Waals surface area (Å²) in [6.07, 6.45) is 72.7. The Morgan fingerprint density at radius 1 is 0.359 bits per heavy atom. The van der Waals surface area contributed by atoms with Crippen molar-refractivity contribution in [1.82, 2.24) is 0 Å². The molecule has 0 saturated heterocycles. The van der Waals surface area contributed by atoms with Crippen LogP contribution < -0.4 is 0 Å². The van der Waals surface area contributed by atoms with Crippen LogP contribution in [0.15, 0.2) is 97.2 Å². The monoisotopic (exact) mass is 889 g/mol. The summed E-state index contributed by atoms with van der Waals surface area (Å²) in [5, 5.41) is 0. The molecule has 0 aromatic rings. The lowest BCUT2D eigenvalue weighted by atomic mass is 10.1. The number of carbonyl (C=O) groups excluding carboxylic acids is 2. The average molecular weight is 889 g/mol. The van der Waals surface area contributed by atoms with Crippen LogP contribution in [-0.2, 0) is 23.8 Å². The van der Waals surface area contributed by atoms with E-state index in [1.54, 1.807) is 0 Å². The van der Waals surface area contributed by atoms with Gasteiger partial charge in [-0.15, -0.1) is 0 Å². The fourth-order valence-corrected chi connectivity index (χ4v) is 7.20. The zero-order chi connectivity index (χ0) is 46.3. The summed E-state index contributed by atoms with van der Waals surface area (Å²) >= 11 is 0. The third-order valence-corrected chi connectivity index (χ3v) is 11.1. The van der Waals surface area contributed by atoms with Gasteiger partial charge in [0.1, 0.15) is 6.61 Å². The number of ether oxygens (including phenoxy) is 3. The second-order valence-electron chi connectivity index (χ2n) is 17.4. The molecule has 0 heterocycles. The van der Waals surface area contributed by atoms with E-state index in [9.17, 15) is 9.59 Å². The van der Waals surface area contributed by atoms with Crippen molar-refractivity contribution in [2.75, 3.05) is 19.8 Å². The van der Waals surface area contributed by atoms with Crippen molar-refractivity contribution < 1.29 is 23.8 Å². The molecule has 64 heavy (non-hydrogen) atoms. The molecule has 0 N–H and O–H groups in total. The van der Waals surface area contributed by atoms with Gasteiger partial charge in [0.2, 0.25) is 0 Å². The van der Waals surface area contributed by atoms with Crippen molar-refractivity contribution in [2.45, 2.75) is 245 Å². The smallest absolute Gasteiger partial charge is 0.306 e. The number of rotatable bonds is 48. The lowest BCUT2D eigenvalue weighted by Crippen LogP contribution is -2.30. The summed E-state index contributed by atoms with van der Waals surface area (Å²) in [5.41, 5.74) is 0. The van der Waals surface area contributed by atoms with Crippen molar-refractivity contribution in [2.24, 2.45) is 0 Å². The highest BCUT2D eigenvalue weighted by Gasteiger charge is 2.17. The summed E-state index contributed by atoms with van der Waals surface area (Å²) in [7, 11) is 0. The third-order valence-electron chi connectivity index (χ3n) is 11.1. The molecule has 0 bridgehead atoms. The van der Waals surface area contributed by atoms with E-state index in [-0.39, 0.29) is 25.2 Å². The molecule has 5 heteroatoms. The molecule has 0 amide bonds. The van der Waals surface area contributed by atoms with Crippen LogP contribution in [-0.4, -0.2) is 37.9 Å². The van der Waals surface area contributed by atoms with E-state index >= 15 is 0 Å². The van der Waals surface area contributed by atoms with E-state index in [4.69, 9.17) is 14.2 Å². The van der Waals surface area contributed by atoms with E-state index in [0.29, 0.717) is 19.4 Å². The molecular formula is C59H100O5. The second kappa shape index (κ2) is 54.2. The Balaban J connectivity index is 4.30. The molecule has 0 fully saturated rings. The number of hydrogen-bond acceptors (Lipinski definition) is 5. The summed E-state index contributed by atoms with van der Waals surface area (Å²) in [6, 6.07) is 0. The predicted octanol–water partition coefficient (Wildman–Crippen LogP) is 18.2. The SMILES string of the molecule is CC/C=C\C/C=C\C/C=C\C/C=C\CCCCCCCCC(=O)OCC(COCCCCCCC/C=C\C/C=C\C/C=C\C/C=C\CC)OC(=O)CCCCCCCCCCCCC. The van der Waals surface area contributed by atoms with Crippen LogP contribution >= 0.6 is 0 Å². The van der Waals surface area contributed by atoms with E-state index in [1.807, 2.05) is 0 Å². The van der Waals surface area contributed by atoms with Gasteiger partial charge in [-0.3, -0.25) is 9.59 Å². The molecule has 0 aliphatic carbocycles. The molecule has 0 aromatic carbocycles. The van der Waals surface area contributed by atoms with Gasteiger partial charge in [0.25, 0.3) is 0 Å². The van der Waals surface area contributed by atoms with Gasteiger partial charge in [-0.05, 0) is 96.3 Å². The highest BCUT2D eigenvalue weighted by Crippen LogP contribution is 2.14. The summed E-state index contributed by atoms with van der Waals surface area (Å²) in [6.45, 7) is 7.55. The van der Waals surface area contributed by atoms with Gasteiger partial charge >= 0.3 is 11.9 Å². The predicted molar refractivity (Wildman–Crippen MR) is 279 cm³/mol. The number of esters is 2. The summed E-state index contributed by atoms with van der Waals surface area (Å²) in [4.78, 5) is 25.4. The molecule has 0 spiro atoms. The first-order chi connectivity index (χ1) is 31.6. The van der Waals surface area contributed by atoms with Crippen LogP contribution in [0.1, 0.15) is 239 Å². The van der Waals surface area contributed by atoms with Crippen LogP contribution in [0.3, 0.4) is 0 Å². The van der Waals surface area contributed by atoms with Crippen LogP contribution in [0, 0.1) is 0 Å². The first-order valence-corrected chi connectivity index (χ1v) is 26.8. The summed E-state index contributed by atoms with van der Waals surface area (Å²) < 4.78 is 17.4. The molecule has 1 atom stereocenters. The quantitative estimate of drug-likeness (QED) is 0.0346. The molecule has 0 saturated carbocycles.